The van der Waals surface area contributed by atoms with Crippen molar-refractivity contribution >= 4 is 32.7 Å². The molecule has 11 heteroatoms. The SMILES string of the molecule is Cc1nc(-c2ccc(CCNc3ccc(S(=O)(=O)NCCN(C)C)cc3[N+](=O)[O-])cc2)cs1. The van der Waals surface area contributed by atoms with Gasteiger partial charge in [0.1, 0.15) is 5.69 Å². The molecule has 2 aromatic carbocycles. The first-order chi connectivity index (χ1) is 15.7. The van der Waals surface area contributed by atoms with Crippen molar-refractivity contribution in [3.8, 4) is 11.3 Å². The second-order valence-corrected chi connectivity index (χ2v) is 10.6. The lowest BCUT2D eigenvalue weighted by Gasteiger charge is -2.12. The molecule has 1 aromatic heterocycles. The number of hydrogen-bond acceptors (Lipinski definition) is 8. The van der Waals surface area contributed by atoms with Crippen LogP contribution in [-0.2, 0) is 16.4 Å². The molecule has 0 radical (unpaired) electrons. The van der Waals surface area contributed by atoms with Gasteiger partial charge >= 0.3 is 0 Å². The molecule has 3 aromatic rings. The Hall–Kier alpha value is -2.86. The van der Waals surface area contributed by atoms with E-state index in [1.807, 2.05) is 55.6 Å². The molecule has 0 atom stereocenters. The van der Waals surface area contributed by atoms with Gasteiger partial charge in [0.2, 0.25) is 10.0 Å². The van der Waals surface area contributed by atoms with E-state index in [1.54, 1.807) is 11.3 Å². The van der Waals surface area contributed by atoms with Gasteiger partial charge in [-0.15, -0.1) is 11.3 Å². The Morgan fingerprint density at radius 3 is 2.45 bits per heavy atom. The Kier molecular flexibility index (Phi) is 8.14. The summed E-state index contributed by atoms with van der Waals surface area (Å²) in [7, 11) is -0.173. The lowest BCUT2D eigenvalue weighted by atomic mass is 10.1. The molecule has 0 saturated heterocycles. The monoisotopic (exact) mass is 489 g/mol. The van der Waals surface area contributed by atoms with Gasteiger partial charge in [0.15, 0.2) is 0 Å². The molecule has 0 aliphatic carbocycles. The highest BCUT2D eigenvalue weighted by molar-refractivity contribution is 7.89. The van der Waals surface area contributed by atoms with E-state index in [2.05, 4.69) is 15.0 Å². The van der Waals surface area contributed by atoms with Gasteiger partial charge < -0.3 is 10.2 Å². The van der Waals surface area contributed by atoms with Crippen LogP contribution >= 0.6 is 11.3 Å². The summed E-state index contributed by atoms with van der Waals surface area (Å²) >= 11 is 1.61. The minimum absolute atomic E-state index is 0.133. The van der Waals surface area contributed by atoms with Crippen molar-refractivity contribution in [3.05, 3.63) is 68.5 Å². The first-order valence-corrected chi connectivity index (χ1v) is 12.7. The second kappa shape index (κ2) is 10.8. The van der Waals surface area contributed by atoms with Crippen LogP contribution in [0.15, 0.2) is 52.7 Å². The van der Waals surface area contributed by atoms with E-state index in [9.17, 15) is 18.5 Å². The molecule has 0 bridgehead atoms. The molecule has 9 nitrogen and oxygen atoms in total. The molecular weight excluding hydrogens is 462 g/mol. The number of anilines is 1. The first-order valence-electron chi connectivity index (χ1n) is 10.3. The fourth-order valence-electron chi connectivity index (χ4n) is 3.15. The van der Waals surface area contributed by atoms with Crippen LogP contribution in [0.2, 0.25) is 0 Å². The maximum Gasteiger partial charge on any atom is 0.293 e. The number of nitrogens with one attached hydrogen (secondary N) is 2. The van der Waals surface area contributed by atoms with Gasteiger partial charge in [-0.3, -0.25) is 10.1 Å². The Balaban J connectivity index is 1.64. The van der Waals surface area contributed by atoms with Crippen molar-refractivity contribution in [1.29, 1.82) is 0 Å². The normalized spacial score (nSPS) is 11.6. The van der Waals surface area contributed by atoms with Crippen LogP contribution < -0.4 is 10.0 Å². The number of nitro groups is 1. The number of benzene rings is 2. The predicted molar refractivity (Wildman–Crippen MR) is 131 cm³/mol. The van der Waals surface area contributed by atoms with Crippen molar-refractivity contribution < 1.29 is 13.3 Å². The van der Waals surface area contributed by atoms with E-state index in [4.69, 9.17) is 0 Å². The van der Waals surface area contributed by atoms with Gasteiger partial charge in [-0.1, -0.05) is 24.3 Å². The summed E-state index contributed by atoms with van der Waals surface area (Å²) in [5.41, 5.74) is 3.07. The van der Waals surface area contributed by atoms with Crippen LogP contribution in [-0.4, -0.2) is 57.0 Å². The van der Waals surface area contributed by atoms with Gasteiger partial charge in [0.25, 0.3) is 5.69 Å². The molecule has 0 fully saturated rings. The van der Waals surface area contributed by atoms with Crippen LogP contribution in [0.1, 0.15) is 10.6 Å². The molecule has 2 N–H and O–H groups in total. The zero-order valence-corrected chi connectivity index (χ0v) is 20.4. The highest BCUT2D eigenvalue weighted by Gasteiger charge is 2.21. The Morgan fingerprint density at radius 2 is 1.85 bits per heavy atom. The Bertz CT molecular complexity index is 1210. The average Bonchev–Trinajstić information content (AvgIpc) is 3.20. The topological polar surface area (TPSA) is 117 Å². The molecule has 0 saturated carbocycles. The number of hydrogen-bond donors (Lipinski definition) is 2. The summed E-state index contributed by atoms with van der Waals surface area (Å²) in [5.74, 6) is 0. The van der Waals surface area contributed by atoms with E-state index in [1.165, 1.54) is 12.1 Å². The fraction of sp³-hybridized carbons (Fsp3) is 0.318. The third-order valence-electron chi connectivity index (χ3n) is 4.93. The number of nitro benzene ring substituents is 1. The summed E-state index contributed by atoms with van der Waals surface area (Å²) in [4.78, 5) is 17.2. The standard InChI is InChI=1S/C22H27N5O4S2/c1-16-25-21(15-32-16)18-6-4-17(5-7-18)10-11-23-20-9-8-19(14-22(20)27(28)29)33(30,31)24-12-13-26(2)3/h4-9,14-15,23-24H,10-13H2,1-3H3. The largest absolute Gasteiger partial charge is 0.379 e. The minimum atomic E-state index is -3.83. The van der Waals surface area contributed by atoms with Crippen molar-refractivity contribution in [1.82, 2.24) is 14.6 Å². The number of aromatic nitrogens is 1. The second-order valence-electron chi connectivity index (χ2n) is 7.76. The highest BCUT2D eigenvalue weighted by atomic mass is 32.2. The lowest BCUT2D eigenvalue weighted by molar-refractivity contribution is -0.384. The van der Waals surface area contributed by atoms with Crippen molar-refractivity contribution in [2.24, 2.45) is 0 Å². The Labute approximate surface area is 197 Å². The van der Waals surface area contributed by atoms with Crippen molar-refractivity contribution in [2.45, 2.75) is 18.2 Å². The quantitative estimate of drug-likeness (QED) is 0.313. The number of rotatable bonds is 11. The van der Waals surface area contributed by atoms with E-state index in [-0.39, 0.29) is 22.8 Å². The molecule has 33 heavy (non-hydrogen) atoms. The maximum absolute atomic E-state index is 12.5. The van der Waals surface area contributed by atoms with Crippen LogP contribution in [0.4, 0.5) is 11.4 Å². The van der Waals surface area contributed by atoms with Crippen LogP contribution in [0.25, 0.3) is 11.3 Å². The molecule has 0 aliphatic heterocycles. The van der Waals surface area contributed by atoms with Crippen LogP contribution in [0.5, 0.6) is 0 Å². The van der Waals surface area contributed by atoms with E-state index in [0.717, 1.165) is 27.9 Å². The number of aryl methyl sites for hydroxylation is 1. The summed E-state index contributed by atoms with van der Waals surface area (Å²) in [6.07, 6.45) is 0.652. The lowest BCUT2D eigenvalue weighted by Crippen LogP contribution is -2.31. The molecule has 0 aliphatic rings. The van der Waals surface area contributed by atoms with Crippen LogP contribution in [0, 0.1) is 17.0 Å². The molecule has 176 valence electrons. The number of nitrogens with zero attached hydrogens (tertiary/aromatic N) is 3. The molecule has 3 rings (SSSR count). The van der Waals surface area contributed by atoms with Gasteiger partial charge in [-0.25, -0.2) is 18.1 Å². The molecular formula is C22H27N5O4S2. The van der Waals surface area contributed by atoms with Gasteiger partial charge in [0.05, 0.1) is 20.5 Å². The zero-order valence-electron chi connectivity index (χ0n) is 18.7. The number of likely N-dealkylation sites (N-methyl/N-ethyl adjacent to an activating group) is 1. The van der Waals surface area contributed by atoms with Gasteiger partial charge in [-0.05, 0) is 45.1 Å². The van der Waals surface area contributed by atoms with Crippen LogP contribution in [0.3, 0.4) is 0 Å². The first kappa shape index (κ1) is 24.8. The molecule has 0 unspecified atom stereocenters. The summed E-state index contributed by atoms with van der Waals surface area (Å²) in [6.45, 7) is 3.16. The third kappa shape index (κ3) is 6.81. The van der Waals surface area contributed by atoms with Gasteiger partial charge in [-0.2, -0.15) is 0 Å². The van der Waals surface area contributed by atoms with Crippen molar-refractivity contribution in [2.75, 3.05) is 39.0 Å². The molecule has 0 spiro atoms. The molecule has 1 heterocycles. The van der Waals surface area contributed by atoms with E-state index in [0.29, 0.717) is 19.5 Å². The highest BCUT2D eigenvalue weighted by Crippen LogP contribution is 2.28. The summed E-state index contributed by atoms with van der Waals surface area (Å²) < 4.78 is 27.4. The predicted octanol–water partition coefficient (Wildman–Crippen LogP) is 3.52. The minimum Gasteiger partial charge on any atom is -0.379 e. The average molecular weight is 490 g/mol. The summed E-state index contributed by atoms with van der Waals surface area (Å²) in [6, 6.07) is 11.9. The summed E-state index contributed by atoms with van der Waals surface area (Å²) in [5, 5.41) is 17.6. The number of thiazole rings is 1. The zero-order chi connectivity index (χ0) is 24.0. The van der Waals surface area contributed by atoms with E-state index < -0.39 is 14.9 Å². The Morgan fingerprint density at radius 1 is 1.12 bits per heavy atom. The van der Waals surface area contributed by atoms with Gasteiger partial charge in [0, 0.05) is 36.6 Å². The third-order valence-corrected chi connectivity index (χ3v) is 7.16. The maximum atomic E-state index is 12.5. The fourth-order valence-corrected chi connectivity index (χ4v) is 4.81. The molecule has 0 amide bonds. The van der Waals surface area contributed by atoms with Crippen molar-refractivity contribution in [3.63, 3.8) is 0 Å². The van der Waals surface area contributed by atoms with E-state index >= 15 is 0 Å². The smallest absolute Gasteiger partial charge is 0.293 e. The number of sulfonamides is 1.